The molecular formula is C17H15F2NO. The molecule has 1 aliphatic rings. The van der Waals surface area contributed by atoms with Gasteiger partial charge in [-0.05, 0) is 23.8 Å². The van der Waals surface area contributed by atoms with E-state index in [1.165, 1.54) is 4.90 Å². The minimum Gasteiger partial charge on any atom is -0.308 e. The highest BCUT2D eigenvalue weighted by molar-refractivity contribution is 6.06. The molecule has 0 bridgehead atoms. The SMILES string of the molecule is O=C(c1ccccc1)N1CCC(F)(F)Cc2ccccc21. The van der Waals surface area contributed by atoms with Crippen molar-refractivity contribution in [3.63, 3.8) is 0 Å². The Morgan fingerprint density at radius 3 is 2.43 bits per heavy atom. The fourth-order valence-electron chi connectivity index (χ4n) is 2.63. The molecule has 0 atom stereocenters. The lowest BCUT2D eigenvalue weighted by molar-refractivity contribution is -0.00277. The van der Waals surface area contributed by atoms with Crippen molar-refractivity contribution in [3.8, 4) is 0 Å². The number of amides is 1. The van der Waals surface area contributed by atoms with Crippen LogP contribution in [0, 0.1) is 0 Å². The maximum Gasteiger partial charge on any atom is 0.258 e. The number of halogens is 2. The van der Waals surface area contributed by atoms with Gasteiger partial charge in [-0.15, -0.1) is 0 Å². The van der Waals surface area contributed by atoms with Gasteiger partial charge in [0.15, 0.2) is 0 Å². The van der Waals surface area contributed by atoms with E-state index < -0.39 is 5.92 Å². The molecule has 1 heterocycles. The zero-order valence-corrected chi connectivity index (χ0v) is 11.4. The summed E-state index contributed by atoms with van der Waals surface area (Å²) in [5.41, 5.74) is 1.62. The quantitative estimate of drug-likeness (QED) is 0.778. The molecule has 0 N–H and O–H groups in total. The highest BCUT2D eigenvalue weighted by atomic mass is 19.3. The molecule has 0 spiro atoms. The van der Waals surface area contributed by atoms with Gasteiger partial charge in [0.2, 0.25) is 0 Å². The van der Waals surface area contributed by atoms with Crippen LogP contribution in [-0.4, -0.2) is 18.4 Å². The lowest BCUT2D eigenvalue weighted by Gasteiger charge is -2.22. The van der Waals surface area contributed by atoms with Gasteiger partial charge < -0.3 is 4.90 Å². The molecule has 0 saturated heterocycles. The predicted octanol–water partition coefficient (Wildman–Crippen LogP) is 3.91. The Kier molecular flexibility index (Phi) is 3.45. The smallest absolute Gasteiger partial charge is 0.258 e. The number of hydrogen-bond donors (Lipinski definition) is 0. The third-order valence-electron chi connectivity index (χ3n) is 3.70. The van der Waals surface area contributed by atoms with Crippen molar-refractivity contribution in [2.75, 3.05) is 11.4 Å². The molecule has 2 aromatic rings. The monoisotopic (exact) mass is 287 g/mol. The van der Waals surface area contributed by atoms with E-state index in [2.05, 4.69) is 0 Å². The van der Waals surface area contributed by atoms with Gasteiger partial charge in [0.1, 0.15) is 0 Å². The zero-order valence-electron chi connectivity index (χ0n) is 11.4. The number of anilines is 1. The predicted molar refractivity (Wildman–Crippen MR) is 77.8 cm³/mol. The highest BCUT2D eigenvalue weighted by Gasteiger charge is 2.36. The molecule has 0 unspecified atom stereocenters. The molecule has 4 heteroatoms. The maximum atomic E-state index is 13.8. The number of carbonyl (C=O) groups is 1. The molecule has 0 saturated carbocycles. The standard InChI is InChI=1S/C17H15F2NO/c18-17(19)10-11-20(15-9-5-4-8-14(15)12-17)16(21)13-6-2-1-3-7-13/h1-9H,10-12H2. The summed E-state index contributed by atoms with van der Waals surface area (Å²) < 4.78 is 27.7. The summed E-state index contributed by atoms with van der Waals surface area (Å²) in [7, 11) is 0. The van der Waals surface area contributed by atoms with E-state index in [9.17, 15) is 13.6 Å². The fourth-order valence-corrected chi connectivity index (χ4v) is 2.63. The summed E-state index contributed by atoms with van der Waals surface area (Å²) in [6.07, 6.45) is -0.637. The highest BCUT2D eigenvalue weighted by Crippen LogP contribution is 2.34. The molecule has 3 rings (SSSR count). The van der Waals surface area contributed by atoms with Crippen LogP contribution in [-0.2, 0) is 6.42 Å². The first-order valence-corrected chi connectivity index (χ1v) is 6.89. The lowest BCUT2D eigenvalue weighted by Crippen LogP contribution is -2.33. The van der Waals surface area contributed by atoms with Gasteiger partial charge in [0.05, 0.1) is 0 Å². The number of carbonyl (C=O) groups excluding carboxylic acids is 1. The minimum atomic E-state index is -2.78. The Morgan fingerprint density at radius 2 is 1.67 bits per heavy atom. The van der Waals surface area contributed by atoms with E-state index in [0.29, 0.717) is 16.8 Å². The molecule has 108 valence electrons. The van der Waals surface area contributed by atoms with E-state index in [1.54, 1.807) is 48.5 Å². The Balaban J connectivity index is 2.01. The van der Waals surface area contributed by atoms with Crippen LogP contribution in [0.25, 0.3) is 0 Å². The summed E-state index contributed by atoms with van der Waals surface area (Å²) in [6.45, 7) is 0.0255. The second-order valence-electron chi connectivity index (χ2n) is 5.23. The third-order valence-corrected chi connectivity index (χ3v) is 3.70. The number of rotatable bonds is 1. The summed E-state index contributed by atoms with van der Waals surface area (Å²) in [5.74, 6) is -3.01. The Hall–Kier alpha value is -2.23. The van der Waals surface area contributed by atoms with Crippen molar-refractivity contribution in [1.82, 2.24) is 0 Å². The molecule has 0 aromatic heterocycles. The molecule has 2 nitrogen and oxygen atoms in total. The number of nitrogens with zero attached hydrogens (tertiary/aromatic N) is 1. The summed E-state index contributed by atoms with van der Waals surface area (Å²) in [6, 6.07) is 15.7. The second-order valence-corrected chi connectivity index (χ2v) is 5.23. The van der Waals surface area contributed by atoms with Gasteiger partial charge in [-0.25, -0.2) is 8.78 Å². The molecule has 0 aliphatic carbocycles. The minimum absolute atomic E-state index is 0.0255. The van der Waals surface area contributed by atoms with Crippen LogP contribution >= 0.6 is 0 Å². The van der Waals surface area contributed by atoms with Crippen molar-refractivity contribution >= 4 is 11.6 Å². The number of benzene rings is 2. The number of para-hydroxylation sites is 1. The first-order valence-electron chi connectivity index (χ1n) is 6.89. The van der Waals surface area contributed by atoms with E-state index >= 15 is 0 Å². The van der Waals surface area contributed by atoms with Crippen LogP contribution in [0.2, 0.25) is 0 Å². The largest absolute Gasteiger partial charge is 0.308 e. The van der Waals surface area contributed by atoms with Gasteiger partial charge in [-0.3, -0.25) is 4.79 Å². The molecule has 21 heavy (non-hydrogen) atoms. The molecule has 0 fully saturated rings. The van der Waals surface area contributed by atoms with E-state index in [0.717, 1.165) is 0 Å². The Bertz CT molecular complexity index is 655. The fraction of sp³-hybridized carbons (Fsp3) is 0.235. The number of fused-ring (bicyclic) bond motifs is 1. The maximum absolute atomic E-state index is 13.8. The van der Waals surface area contributed by atoms with Crippen LogP contribution in [0.5, 0.6) is 0 Å². The van der Waals surface area contributed by atoms with Crippen molar-refractivity contribution in [2.45, 2.75) is 18.8 Å². The van der Waals surface area contributed by atoms with Crippen LogP contribution in [0.1, 0.15) is 22.3 Å². The van der Waals surface area contributed by atoms with Gasteiger partial charge in [-0.2, -0.15) is 0 Å². The number of hydrogen-bond acceptors (Lipinski definition) is 1. The van der Waals surface area contributed by atoms with Crippen LogP contribution in [0.4, 0.5) is 14.5 Å². The van der Waals surface area contributed by atoms with Gasteiger partial charge in [0.25, 0.3) is 11.8 Å². The van der Waals surface area contributed by atoms with Crippen molar-refractivity contribution in [3.05, 3.63) is 65.7 Å². The first kappa shape index (κ1) is 13.7. The van der Waals surface area contributed by atoms with Crippen molar-refractivity contribution in [1.29, 1.82) is 0 Å². The average molecular weight is 287 g/mol. The van der Waals surface area contributed by atoms with Gasteiger partial charge >= 0.3 is 0 Å². The van der Waals surface area contributed by atoms with Gasteiger partial charge in [-0.1, -0.05) is 36.4 Å². The summed E-state index contributed by atoms with van der Waals surface area (Å²) in [4.78, 5) is 14.1. The van der Waals surface area contributed by atoms with Gasteiger partial charge in [0, 0.05) is 30.6 Å². The summed E-state index contributed by atoms with van der Waals surface area (Å²) >= 11 is 0. The second kappa shape index (κ2) is 5.28. The average Bonchev–Trinajstić information content (AvgIpc) is 2.62. The molecule has 0 radical (unpaired) electrons. The van der Waals surface area contributed by atoms with Crippen LogP contribution in [0.15, 0.2) is 54.6 Å². The normalized spacial score (nSPS) is 17.0. The lowest BCUT2D eigenvalue weighted by atomic mass is 10.1. The van der Waals surface area contributed by atoms with E-state index in [4.69, 9.17) is 0 Å². The topological polar surface area (TPSA) is 20.3 Å². The third kappa shape index (κ3) is 2.79. The Morgan fingerprint density at radius 1 is 1.00 bits per heavy atom. The van der Waals surface area contributed by atoms with Crippen molar-refractivity contribution in [2.24, 2.45) is 0 Å². The molecule has 1 amide bonds. The van der Waals surface area contributed by atoms with E-state index in [1.807, 2.05) is 6.07 Å². The van der Waals surface area contributed by atoms with Crippen LogP contribution in [0.3, 0.4) is 0 Å². The van der Waals surface area contributed by atoms with Crippen LogP contribution < -0.4 is 4.90 Å². The number of alkyl halides is 2. The summed E-state index contributed by atoms with van der Waals surface area (Å²) in [5, 5.41) is 0. The zero-order chi connectivity index (χ0) is 14.9. The Labute approximate surface area is 122 Å². The molecule has 2 aromatic carbocycles. The van der Waals surface area contributed by atoms with Crippen molar-refractivity contribution < 1.29 is 13.6 Å². The van der Waals surface area contributed by atoms with E-state index in [-0.39, 0.29) is 25.3 Å². The molecular weight excluding hydrogens is 272 g/mol. The molecule has 1 aliphatic heterocycles. The first-order chi connectivity index (χ1) is 10.1.